The number of nitrogens with zero attached hydrogens (tertiary/aromatic N) is 1. The van der Waals surface area contributed by atoms with Crippen LogP contribution in [0.3, 0.4) is 0 Å². The Hall–Kier alpha value is -1.14. The van der Waals surface area contributed by atoms with Gasteiger partial charge in [-0.05, 0) is 43.3 Å². The number of nitrogens with one attached hydrogen (secondary N) is 1. The summed E-state index contributed by atoms with van der Waals surface area (Å²) < 4.78 is 5.66. The van der Waals surface area contributed by atoms with Gasteiger partial charge in [0.2, 0.25) is 0 Å². The standard InChI is InChI=1S/C9H12N2O3S/c12-11(13)8-1-2-9(15-8)14-7-3-5-10-6-4-7/h1-2,7,10H,3-6H2. The number of nitro groups is 1. The molecule has 0 aromatic carbocycles. The first-order chi connectivity index (χ1) is 7.25. The Kier molecular flexibility index (Phi) is 3.17. The van der Waals surface area contributed by atoms with E-state index in [0.29, 0.717) is 5.06 Å². The normalized spacial score (nSPS) is 17.6. The third-order valence-corrected chi connectivity index (χ3v) is 3.24. The summed E-state index contributed by atoms with van der Waals surface area (Å²) in [6.07, 6.45) is 2.13. The molecular formula is C9H12N2O3S. The molecule has 1 aliphatic rings. The fraction of sp³-hybridized carbons (Fsp3) is 0.556. The van der Waals surface area contributed by atoms with E-state index in [1.165, 1.54) is 6.07 Å². The van der Waals surface area contributed by atoms with Gasteiger partial charge in [0, 0.05) is 6.07 Å². The van der Waals surface area contributed by atoms with Gasteiger partial charge in [0.1, 0.15) is 6.10 Å². The van der Waals surface area contributed by atoms with Crippen molar-refractivity contribution in [3.8, 4) is 5.06 Å². The van der Waals surface area contributed by atoms with Gasteiger partial charge in [-0.25, -0.2) is 0 Å². The average Bonchev–Trinajstić information content (AvgIpc) is 2.68. The molecule has 1 fully saturated rings. The van der Waals surface area contributed by atoms with E-state index in [-0.39, 0.29) is 16.0 Å². The van der Waals surface area contributed by atoms with Crippen LogP contribution in [0.1, 0.15) is 12.8 Å². The second kappa shape index (κ2) is 4.59. The number of hydrogen-bond donors (Lipinski definition) is 1. The molecule has 1 aromatic rings. The molecule has 0 radical (unpaired) electrons. The first-order valence-corrected chi connectivity index (χ1v) is 5.69. The van der Waals surface area contributed by atoms with Crippen LogP contribution in [0.5, 0.6) is 5.06 Å². The van der Waals surface area contributed by atoms with E-state index < -0.39 is 0 Å². The molecule has 6 heteroatoms. The maximum atomic E-state index is 10.5. The third-order valence-electron chi connectivity index (χ3n) is 2.32. The van der Waals surface area contributed by atoms with Gasteiger partial charge in [-0.2, -0.15) is 0 Å². The Morgan fingerprint density at radius 1 is 1.47 bits per heavy atom. The van der Waals surface area contributed by atoms with Crippen molar-refractivity contribution in [3.63, 3.8) is 0 Å². The molecule has 0 aliphatic carbocycles. The lowest BCUT2D eigenvalue weighted by Gasteiger charge is -2.22. The van der Waals surface area contributed by atoms with Crippen LogP contribution in [0.4, 0.5) is 5.00 Å². The summed E-state index contributed by atoms with van der Waals surface area (Å²) in [4.78, 5) is 10.1. The quantitative estimate of drug-likeness (QED) is 0.632. The van der Waals surface area contributed by atoms with Gasteiger partial charge < -0.3 is 10.1 Å². The maximum Gasteiger partial charge on any atom is 0.327 e. The zero-order chi connectivity index (χ0) is 10.7. The zero-order valence-electron chi connectivity index (χ0n) is 8.14. The molecule has 0 atom stereocenters. The van der Waals surface area contributed by atoms with Gasteiger partial charge in [-0.3, -0.25) is 10.1 Å². The lowest BCUT2D eigenvalue weighted by Crippen LogP contribution is -2.33. The SMILES string of the molecule is O=[N+]([O-])c1ccc(OC2CCNCC2)s1. The fourth-order valence-electron chi connectivity index (χ4n) is 1.55. The van der Waals surface area contributed by atoms with Gasteiger partial charge in [0.05, 0.1) is 4.92 Å². The first kappa shape index (κ1) is 10.4. The Bertz CT molecular complexity index is 347. The average molecular weight is 228 g/mol. The first-order valence-electron chi connectivity index (χ1n) is 4.87. The monoisotopic (exact) mass is 228 g/mol. The Morgan fingerprint density at radius 2 is 2.20 bits per heavy atom. The molecule has 1 N–H and O–H groups in total. The van der Waals surface area contributed by atoms with E-state index in [4.69, 9.17) is 4.74 Å². The zero-order valence-corrected chi connectivity index (χ0v) is 8.96. The molecule has 0 bridgehead atoms. The van der Waals surface area contributed by atoms with E-state index in [1.54, 1.807) is 6.07 Å². The highest BCUT2D eigenvalue weighted by molar-refractivity contribution is 7.17. The molecule has 1 aliphatic heterocycles. The number of piperidine rings is 1. The van der Waals surface area contributed by atoms with Crippen LogP contribution in [-0.4, -0.2) is 24.1 Å². The molecule has 82 valence electrons. The lowest BCUT2D eigenvalue weighted by molar-refractivity contribution is -0.380. The van der Waals surface area contributed by atoms with Crippen LogP contribution in [0, 0.1) is 10.1 Å². The minimum absolute atomic E-state index is 0.138. The highest BCUT2D eigenvalue weighted by atomic mass is 32.1. The van der Waals surface area contributed by atoms with E-state index in [1.807, 2.05) is 0 Å². The largest absolute Gasteiger partial charge is 0.481 e. The molecule has 1 aromatic heterocycles. The van der Waals surface area contributed by atoms with Crippen LogP contribution in [-0.2, 0) is 0 Å². The highest BCUT2D eigenvalue weighted by Crippen LogP contribution is 2.31. The van der Waals surface area contributed by atoms with E-state index in [0.717, 1.165) is 37.3 Å². The van der Waals surface area contributed by atoms with E-state index in [2.05, 4.69) is 5.32 Å². The van der Waals surface area contributed by atoms with Gasteiger partial charge in [-0.15, -0.1) is 0 Å². The minimum atomic E-state index is -0.389. The van der Waals surface area contributed by atoms with Crippen LogP contribution in [0.15, 0.2) is 12.1 Å². The molecule has 1 saturated heterocycles. The Morgan fingerprint density at radius 3 is 2.80 bits per heavy atom. The van der Waals surface area contributed by atoms with Crippen molar-refractivity contribution in [2.75, 3.05) is 13.1 Å². The molecule has 0 amide bonds. The van der Waals surface area contributed by atoms with Crippen molar-refractivity contribution in [1.29, 1.82) is 0 Å². The molecule has 2 rings (SSSR count). The van der Waals surface area contributed by atoms with Crippen molar-refractivity contribution in [3.05, 3.63) is 22.2 Å². The van der Waals surface area contributed by atoms with Gasteiger partial charge >= 0.3 is 5.00 Å². The summed E-state index contributed by atoms with van der Waals surface area (Å²) >= 11 is 1.09. The molecular weight excluding hydrogens is 216 g/mol. The minimum Gasteiger partial charge on any atom is -0.481 e. The van der Waals surface area contributed by atoms with Crippen molar-refractivity contribution in [1.82, 2.24) is 5.32 Å². The second-order valence-corrected chi connectivity index (χ2v) is 4.44. The smallest absolute Gasteiger partial charge is 0.327 e. The van der Waals surface area contributed by atoms with Crippen molar-refractivity contribution in [2.45, 2.75) is 18.9 Å². The predicted octanol–water partition coefficient (Wildman–Crippen LogP) is 1.79. The molecule has 2 heterocycles. The fourth-order valence-corrected chi connectivity index (χ4v) is 2.29. The van der Waals surface area contributed by atoms with Crippen LogP contribution in [0.2, 0.25) is 0 Å². The number of thiophene rings is 1. The number of hydrogen-bond acceptors (Lipinski definition) is 5. The molecule has 5 nitrogen and oxygen atoms in total. The van der Waals surface area contributed by atoms with Crippen molar-refractivity contribution < 1.29 is 9.66 Å². The summed E-state index contributed by atoms with van der Waals surface area (Å²) in [5.74, 6) is 0. The van der Waals surface area contributed by atoms with E-state index in [9.17, 15) is 10.1 Å². The molecule has 0 unspecified atom stereocenters. The second-order valence-electron chi connectivity index (χ2n) is 3.42. The summed E-state index contributed by atoms with van der Waals surface area (Å²) in [5.41, 5.74) is 0. The number of rotatable bonds is 3. The van der Waals surface area contributed by atoms with Gasteiger partial charge in [-0.1, -0.05) is 0 Å². The molecule has 0 spiro atoms. The summed E-state index contributed by atoms with van der Waals surface area (Å²) in [7, 11) is 0. The Labute approximate surface area is 91.2 Å². The Balaban J connectivity index is 1.94. The number of ether oxygens (including phenoxy) is 1. The summed E-state index contributed by atoms with van der Waals surface area (Å²) in [5, 5.41) is 14.5. The van der Waals surface area contributed by atoms with Crippen LogP contribution < -0.4 is 10.1 Å². The highest BCUT2D eigenvalue weighted by Gasteiger charge is 2.17. The third kappa shape index (κ3) is 2.66. The van der Waals surface area contributed by atoms with Gasteiger partial charge in [0.25, 0.3) is 0 Å². The van der Waals surface area contributed by atoms with Crippen molar-refractivity contribution >= 4 is 16.3 Å². The predicted molar refractivity (Wildman–Crippen MR) is 57.5 cm³/mol. The topological polar surface area (TPSA) is 64.4 Å². The molecule has 0 saturated carbocycles. The summed E-state index contributed by atoms with van der Waals surface area (Å²) in [6, 6.07) is 3.16. The van der Waals surface area contributed by atoms with Crippen LogP contribution >= 0.6 is 11.3 Å². The maximum absolute atomic E-state index is 10.5. The molecule has 15 heavy (non-hydrogen) atoms. The van der Waals surface area contributed by atoms with Crippen LogP contribution in [0.25, 0.3) is 0 Å². The van der Waals surface area contributed by atoms with Crippen molar-refractivity contribution in [2.24, 2.45) is 0 Å². The van der Waals surface area contributed by atoms with E-state index >= 15 is 0 Å². The summed E-state index contributed by atoms with van der Waals surface area (Å²) in [6.45, 7) is 1.91. The lowest BCUT2D eigenvalue weighted by atomic mass is 10.1. The van der Waals surface area contributed by atoms with Gasteiger partial charge in [0.15, 0.2) is 5.06 Å².